The van der Waals surface area contributed by atoms with Crippen molar-refractivity contribution in [3.8, 4) is 0 Å². The Kier molecular flexibility index (Phi) is 9.66. The Bertz CT molecular complexity index is 530. The molecule has 1 aromatic rings. The van der Waals surface area contributed by atoms with Crippen molar-refractivity contribution in [1.82, 2.24) is 15.1 Å². The molecule has 0 unspecified atom stereocenters. The van der Waals surface area contributed by atoms with Gasteiger partial charge in [-0.3, -0.25) is 14.5 Å². The van der Waals surface area contributed by atoms with E-state index in [2.05, 4.69) is 17.1 Å². The third-order valence-electron chi connectivity index (χ3n) is 4.61. The quantitative estimate of drug-likeness (QED) is 0.597. The number of ether oxygens (including phenoxy) is 1. The Morgan fingerprint density at radius 1 is 1.23 bits per heavy atom. The van der Waals surface area contributed by atoms with Crippen molar-refractivity contribution in [2.24, 2.45) is 0 Å². The van der Waals surface area contributed by atoms with E-state index in [0.717, 1.165) is 52.2 Å². The fourth-order valence-corrected chi connectivity index (χ4v) is 3.58. The van der Waals surface area contributed by atoms with Gasteiger partial charge in [0.15, 0.2) is 0 Å². The molecule has 1 aromatic heterocycles. The molecule has 1 N–H and O–H groups in total. The van der Waals surface area contributed by atoms with Crippen LogP contribution in [0.4, 0.5) is 0 Å². The second-order valence-corrected chi connectivity index (χ2v) is 7.37. The molecule has 7 heteroatoms. The van der Waals surface area contributed by atoms with E-state index in [1.165, 1.54) is 24.2 Å². The average Bonchev–Trinajstić information content (AvgIpc) is 3.21. The average molecular weight is 382 g/mol. The standard InChI is InChI=1S/C19H31N3O3S/c1-2-3-4-5-7-22(9-8-21-10-12-25-13-11-21)18(23)15-20-19(24)17-6-14-26-16-17/h6,14,16H,2-5,7-13,15H2,1H3,(H,20,24). The van der Waals surface area contributed by atoms with E-state index in [0.29, 0.717) is 12.1 Å². The van der Waals surface area contributed by atoms with Crippen molar-refractivity contribution in [3.05, 3.63) is 22.4 Å². The van der Waals surface area contributed by atoms with Crippen molar-refractivity contribution in [3.63, 3.8) is 0 Å². The van der Waals surface area contributed by atoms with Crippen LogP contribution in [0.25, 0.3) is 0 Å². The number of carbonyl (C=O) groups excluding carboxylic acids is 2. The molecule has 0 bridgehead atoms. The molecule has 0 radical (unpaired) electrons. The highest BCUT2D eigenvalue weighted by Crippen LogP contribution is 2.06. The molecule has 0 atom stereocenters. The van der Waals surface area contributed by atoms with Gasteiger partial charge in [0.05, 0.1) is 19.8 Å². The van der Waals surface area contributed by atoms with E-state index >= 15 is 0 Å². The first-order valence-corrected chi connectivity index (χ1v) is 10.5. The van der Waals surface area contributed by atoms with Crippen LogP contribution < -0.4 is 5.32 Å². The van der Waals surface area contributed by atoms with Gasteiger partial charge in [0.25, 0.3) is 5.91 Å². The topological polar surface area (TPSA) is 61.9 Å². The zero-order valence-electron chi connectivity index (χ0n) is 15.7. The monoisotopic (exact) mass is 381 g/mol. The minimum Gasteiger partial charge on any atom is -0.379 e. The molecule has 1 aliphatic heterocycles. The van der Waals surface area contributed by atoms with Gasteiger partial charge in [-0.05, 0) is 17.9 Å². The fourth-order valence-electron chi connectivity index (χ4n) is 2.94. The van der Waals surface area contributed by atoms with Crippen LogP contribution in [0.3, 0.4) is 0 Å². The van der Waals surface area contributed by atoms with Crippen LogP contribution >= 0.6 is 11.3 Å². The number of amides is 2. The molecule has 2 heterocycles. The van der Waals surface area contributed by atoms with E-state index in [1.54, 1.807) is 11.4 Å². The number of morpholine rings is 1. The number of hydrogen-bond donors (Lipinski definition) is 1. The van der Waals surface area contributed by atoms with Gasteiger partial charge in [-0.1, -0.05) is 26.2 Å². The smallest absolute Gasteiger partial charge is 0.252 e. The lowest BCUT2D eigenvalue weighted by atomic mass is 10.2. The molecule has 0 saturated carbocycles. The minimum absolute atomic E-state index is 0.00154. The first-order chi connectivity index (χ1) is 12.7. The molecule has 0 spiro atoms. The summed E-state index contributed by atoms with van der Waals surface area (Å²) in [6.07, 6.45) is 4.53. The van der Waals surface area contributed by atoms with E-state index < -0.39 is 0 Å². The van der Waals surface area contributed by atoms with Crippen LogP contribution in [-0.2, 0) is 9.53 Å². The lowest BCUT2D eigenvalue weighted by molar-refractivity contribution is -0.130. The van der Waals surface area contributed by atoms with E-state index in [1.807, 2.05) is 10.3 Å². The lowest BCUT2D eigenvalue weighted by Gasteiger charge is -2.30. The summed E-state index contributed by atoms with van der Waals surface area (Å²) in [6, 6.07) is 1.77. The Morgan fingerprint density at radius 2 is 2.04 bits per heavy atom. The van der Waals surface area contributed by atoms with Crippen molar-refractivity contribution in [2.45, 2.75) is 32.6 Å². The molecule has 146 valence electrons. The summed E-state index contributed by atoms with van der Waals surface area (Å²) >= 11 is 1.48. The van der Waals surface area contributed by atoms with Gasteiger partial charge >= 0.3 is 0 Å². The van der Waals surface area contributed by atoms with Gasteiger partial charge in [-0.25, -0.2) is 0 Å². The van der Waals surface area contributed by atoms with Crippen molar-refractivity contribution < 1.29 is 14.3 Å². The van der Waals surface area contributed by atoms with Crippen LogP contribution in [0.15, 0.2) is 16.8 Å². The van der Waals surface area contributed by atoms with Gasteiger partial charge < -0.3 is 15.0 Å². The molecule has 0 aromatic carbocycles. The molecule has 0 aliphatic carbocycles. The normalized spacial score (nSPS) is 15.0. The Hall–Kier alpha value is -1.44. The minimum atomic E-state index is -0.182. The van der Waals surface area contributed by atoms with E-state index in [-0.39, 0.29) is 18.4 Å². The maximum atomic E-state index is 12.6. The van der Waals surface area contributed by atoms with Crippen LogP contribution in [0.1, 0.15) is 43.0 Å². The maximum absolute atomic E-state index is 12.6. The molecule has 1 saturated heterocycles. The number of hydrogen-bond acceptors (Lipinski definition) is 5. The number of rotatable bonds is 11. The molecule has 1 aliphatic rings. The molecule has 2 amide bonds. The predicted octanol–water partition coefficient (Wildman–Crippen LogP) is 2.22. The third-order valence-corrected chi connectivity index (χ3v) is 5.29. The van der Waals surface area contributed by atoms with Gasteiger partial charge in [-0.2, -0.15) is 11.3 Å². The number of nitrogens with zero attached hydrogens (tertiary/aromatic N) is 2. The lowest BCUT2D eigenvalue weighted by Crippen LogP contribution is -2.46. The van der Waals surface area contributed by atoms with Crippen LogP contribution in [0.2, 0.25) is 0 Å². The number of unbranched alkanes of at least 4 members (excludes halogenated alkanes) is 3. The summed E-state index contributed by atoms with van der Waals surface area (Å²) in [5.41, 5.74) is 0.616. The van der Waals surface area contributed by atoms with Crippen LogP contribution in [0, 0.1) is 0 Å². The maximum Gasteiger partial charge on any atom is 0.252 e. The van der Waals surface area contributed by atoms with Crippen molar-refractivity contribution in [1.29, 1.82) is 0 Å². The number of nitrogens with one attached hydrogen (secondary N) is 1. The summed E-state index contributed by atoms with van der Waals surface area (Å²) in [5.74, 6) is -0.183. The molecule has 2 rings (SSSR count). The molecule has 1 fully saturated rings. The Labute approximate surface area is 160 Å². The van der Waals surface area contributed by atoms with Gasteiger partial charge in [0.1, 0.15) is 0 Å². The summed E-state index contributed by atoms with van der Waals surface area (Å²) in [7, 11) is 0. The zero-order valence-corrected chi connectivity index (χ0v) is 16.6. The largest absolute Gasteiger partial charge is 0.379 e. The highest BCUT2D eigenvalue weighted by atomic mass is 32.1. The summed E-state index contributed by atoms with van der Waals surface area (Å²) < 4.78 is 5.38. The molecule has 6 nitrogen and oxygen atoms in total. The second kappa shape index (κ2) is 12.0. The van der Waals surface area contributed by atoms with Gasteiger partial charge in [-0.15, -0.1) is 0 Å². The highest BCUT2D eigenvalue weighted by molar-refractivity contribution is 7.08. The molecular weight excluding hydrogens is 350 g/mol. The summed E-state index contributed by atoms with van der Waals surface area (Å²) in [5, 5.41) is 6.40. The fraction of sp³-hybridized carbons (Fsp3) is 0.684. The van der Waals surface area contributed by atoms with E-state index in [9.17, 15) is 9.59 Å². The Morgan fingerprint density at radius 3 is 2.73 bits per heavy atom. The van der Waals surface area contributed by atoms with Gasteiger partial charge in [0, 0.05) is 43.7 Å². The Balaban J connectivity index is 1.79. The van der Waals surface area contributed by atoms with E-state index in [4.69, 9.17) is 4.74 Å². The molecule has 26 heavy (non-hydrogen) atoms. The first-order valence-electron chi connectivity index (χ1n) is 9.59. The third kappa shape index (κ3) is 7.43. The van der Waals surface area contributed by atoms with Crippen LogP contribution in [-0.4, -0.2) is 74.1 Å². The van der Waals surface area contributed by atoms with Crippen molar-refractivity contribution >= 4 is 23.2 Å². The SMILES string of the molecule is CCCCCCN(CCN1CCOCC1)C(=O)CNC(=O)c1ccsc1. The highest BCUT2D eigenvalue weighted by Gasteiger charge is 2.17. The van der Waals surface area contributed by atoms with Crippen molar-refractivity contribution in [2.75, 3.05) is 52.5 Å². The van der Waals surface area contributed by atoms with Crippen LogP contribution in [0.5, 0.6) is 0 Å². The zero-order chi connectivity index (χ0) is 18.6. The first kappa shape index (κ1) is 20.9. The predicted molar refractivity (Wildman–Crippen MR) is 105 cm³/mol. The molecular formula is C19H31N3O3S. The summed E-state index contributed by atoms with van der Waals surface area (Å²) in [6.45, 7) is 7.95. The number of thiophene rings is 1. The second-order valence-electron chi connectivity index (χ2n) is 6.59. The van der Waals surface area contributed by atoms with Gasteiger partial charge in [0.2, 0.25) is 5.91 Å². The number of carbonyl (C=O) groups is 2. The summed E-state index contributed by atoms with van der Waals surface area (Å²) in [4.78, 5) is 28.9.